The van der Waals surface area contributed by atoms with Crippen molar-refractivity contribution in [3.8, 4) is 0 Å². The van der Waals surface area contributed by atoms with Crippen LogP contribution in [0.25, 0.3) is 10.8 Å². The molecule has 0 unspecified atom stereocenters. The van der Waals surface area contributed by atoms with Gasteiger partial charge >= 0.3 is 0 Å². The predicted octanol–water partition coefficient (Wildman–Crippen LogP) is 2.79. The first-order valence-electron chi connectivity index (χ1n) is 11.5. The molecular formula is C26H31N3O3S2. The molecule has 1 aliphatic rings. The van der Waals surface area contributed by atoms with Crippen molar-refractivity contribution in [2.75, 3.05) is 37.7 Å². The number of benzene rings is 3. The third-order valence-corrected chi connectivity index (χ3v) is 8.78. The minimum Gasteiger partial charge on any atom is -0.327 e. The first-order valence-corrected chi connectivity index (χ1v) is 13.8. The number of nitrogens with zero attached hydrogens (tertiary/aromatic N) is 1. The molecule has 34 heavy (non-hydrogen) atoms. The van der Waals surface area contributed by atoms with E-state index in [2.05, 4.69) is 17.9 Å². The molecule has 1 fully saturated rings. The van der Waals surface area contributed by atoms with Gasteiger partial charge in [-0.05, 0) is 29.3 Å². The topological polar surface area (TPSA) is 92.5 Å². The SMILES string of the molecule is N[C@@H](CS)C[C@@]1(C(=O)c2cccc3ccccc23)CNCCN1CCS(=O)(=O)c1ccccc1. The zero-order chi connectivity index (χ0) is 24.2. The highest BCUT2D eigenvalue weighted by Gasteiger charge is 2.47. The molecule has 3 aromatic carbocycles. The average molecular weight is 498 g/mol. The molecule has 1 saturated heterocycles. The Morgan fingerprint density at radius 3 is 2.53 bits per heavy atom. The summed E-state index contributed by atoms with van der Waals surface area (Å²) in [6.07, 6.45) is 0.386. The lowest BCUT2D eigenvalue weighted by atomic mass is 9.79. The number of nitrogens with one attached hydrogen (secondary N) is 1. The van der Waals surface area contributed by atoms with Gasteiger partial charge in [0.25, 0.3) is 0 Å². The van der Waals surface area contributed by atoms with Crippen molar-refractivity contribution in [1.29, 1.82) is 0 Å². The monoisotopic (exact) mass is 497 g/mol. The normalized spacial score (nSPS) is 20.3. The summed E-state index contributed by atoms with van der Waals surface area (Å²) in [7, 11) is -3.49. The second-order valence-electron chi connectivity index (χ2n) is 8.83. The highest BCUT2D eigenvalue weighted by Crippen LogP contribution is 2.31. The van der Waals surface area contributed by atoms with E-state index in [0.29, 0.717) is 42.3 Å². The largest absolute Gasteiger partial charge is 0.327 e. The van der Waals surface area contributed by atoms with Crippen LogP contribution in [0.1, 0.15) is 16.8 Å². The Labute approximate surface area is 206 Å². The Hall–Kier alpha value is -2.23. The van der Waals surface area contributed by atoms with Crippen molar-refractivity contribution >= 4 is 39.0 Å². The molecule has 3 aromatic rings. The van der Waals surface area contributed by atoms with Gasteiger partial charge in [-0.3, -0.25) is 9.69 Å². The molecule has 1 aliphatic heterocycles. The van der Waals surface area contributed by atoms with Crippen LogP contribution in [-0.2, 0) is 9.84 Å². The van der Waals surface area contributed by atoms with Gasteiger partial charge in [-0.1, -0.05) is 60.7 Å². The number of fused-ring (bicyclic) bond motifs is 1. The molecule has 3 N–H and O–H groups in total. The van der Waals surface area contributed by atoms with Crippen LogP contribution in [0, 0.1) is 0 Å². The molecule has 0 radical (unpaired) electrons. The van der Waals surface area contributed by atoms with Gasteiger partial charge in [-0.2, -0.15) is 12.6 Å². The third kappa shape index (κ3) is 5.06. The minimum atomic E-state index is -3.49. The standard InChI is InChI=1S/C26H31N3O3S2/c27-21(18-33)17-26(25(30)24-12-6-8-20-7-4-5-11-23(20)24)19-28-13-14-29(26)15-16-34(31,32)22-9-2-1-3-10-22/h1-12,21,28,33H,13-19,27H2/t21-,26+/m1/s1. The number of hydrogen-bond donors (Lipinski definition) is 3. The van der Waals surface area contributed by atoms with Crippen molar-refractivity contribution in [2.45, 2.75) is 22.9 Å². The summed E-state index contributed by atoms with van der Waals surface area (Å²) >= 11 is 4.37. The Kier molecular flexibility index (Phi) is 7.74. The fourth-order valence-corrected chi connectivity index (χ4v) is 6.22. The van der Waals surface area contributed by atoms with Crippen LogP contribution >= 0.6 is 12.6 Å². The van der Waals surface area contributed by atoms with Gasteiger partial charge in [-0.25, -0.2) is 8.42 Å². The number of thiol groups is 1. The lowest BCUT2D eigenvalue weighted by Crippen LogP contribution is -2.67. The first-order chi connectivity index (χ1) is 16.4. The summed E-state index contributed by atoms with van der Waals surface area (Å²) in [6.45, 7) is 1.88. The van der Waals surface area contributed by atoms with Crippen LogP contribution in [-0.4, -0.2) is 68.4 Å². The molecule has 4 rings (SSSR count). The summed E-state index contributed by atoms with van der Waals surface area (Å²) in [5.41, 5.74) is 6.02. The van der Waals surface area contributed by atoms with Gasteiger partial charge in [0.1, 0.15) is 0 Å². The van der Waals surface area contributed by atoms with E-state index in [-0.39, 0.29) is 24.1 Å². The fourth-order valence-electron chi connectivity index (χ4n) is 4.83. The minimum absolute atomic E-state index is 0.0363. The van der Waals surface area contributed by atoms with Crippen molar-refractivity contribution in [3.05, 3.63) is 78.4 Å². The molecule has 1 heterocycles. The molecule has 0 spiro atoms. The van der Waals surface area contributed by atoms with E-state index in [0.717, 1.165) is 10.8 Å². The van der Waals surface area contributed by atoms with Crippen molar-refractivity contribution in [3.63, 3.8) is 0 Å². The van der Waals surface area contributed by atoms with Crippen LogP contribution in [0.2, 0.25) is 0 Å². The summed E-state index contributed by atoms with van der Waals surface area (Å²) in [6, 6.07) is 21.7. The van der Waals surface area contributed by atoms with Crippen molar-refractivity contribution in [2.24, 2.45) is 5.73 Å². The molecule has 0 amide bonds. The Morgan fingerprint density at radius 1 is 1.06 bits per heavy atom. The first kappa shape index (κ1) is 24.9. The molecule has 2 atom stereocenters. The second kappa shape index (κ2) is 10.6. The van der Waals surface area contributed by atoms with E-state index in [9.17, 15) is 13.2 Å². The molecule has 0 saturated carbocycles. The van der Waals surface area contributed by atoms with Gasteiger partial charge in [0.2, 0.25) is 0 Å². The molecule has 6 nitrogen and oxygen atoms in total. The number of carbonyl (C=O) groups is 1. The van der Waals surface area contributed by atoms with Crippen molar-refractivity contribution in [1.82, 2.24) is 10.2 Å². The van der Waals surface area contributed by atoms with E-state index in [4.69, 9.17) is 5.73 Å². The smallest absolute Gasteiger partial charge is 0.185 e. The quantitative estimate of drug-likeness (QED) is 0.311. The van der Waals surface area contributed by atoms with Gasteiger partial charge in [0.15, 0.2) is 15.6 Å². The second-order valence-corrected chi connectivity index (χ2v) is 11.3. The maximum Gasteiger partial charge on any atom is 0.185 e. The molecular weight excluding hydrogens is 466 g/mol. The number of sulfone groups is 1. The summed E-state index contributed by atoms with van der Waals surface area (Å²) < 4.78 is 26.0. The maximum atomic E-state index is 14.3. The Bertz CT molecular complexity index is 1250. The molecule has 0 aliphatic carbocycles. The van der Waals surface area contributed by atoms with Crippen LogP contribution < -0.4 is 11.1 Å². The Balaban J connectivity index is 1.71. The van der Waals surface area contributed by atoms with Gasteiger partial charge in [-0.15, -0.1) is 0 Å². The van der Waals surface area contributed by atoms with Gasteiger partial charge in [0.05, 0.1) is 16.2 Å². The summed E-state index contributed by atoms with van der Waals surface area (Å²) in [5, 5.41) is 5.25. The number of Topliss-reactive ketones (excluding diaryl/α,β-unsaturated/α-hetero) is 1. The highest BCUT2D eigenvalue weighted by atomic mass is 32.2. The zero-order valence-corrected chi connectivity index (χ0v) is 20.8. The number of ketones is 1. The molecule has 180 valence electrons. The maximum absolute atomic E-state index is 14.3. The number of carbonyl (C=O) groups excluding carboxylic acids is 1. The van der Waals surface area contributed by atoms with Gasteiger partial charge < -0.3 is 11.1 Å². The highest BCUT2D eigenvalue weighted by molar-refractivity contribution is 7.91. The van der Waals surface area contributed by atoms with E-state index >= 15 is 0 Å². The zero-order valence-electron chi connectivity index (χ0n) is 19.1. The molecule has 0 aromatic heterocycles. The number of nitrogens with two attached hydrogens (primary N) is 1. The van der Waals surface area contributed by atoms with Crippen LogP contribution in [0.15, 0.2) is 77.7 Å². The molecule has 8 heteroatoms. The summed E-state index contributed by atoms with van der Waals surface area (Å²) in [4.78, 5) is 16.6. The lowest BCUT2D eigenvalue weighted by molar-refractivity contribution is 0.0396. The van der Waals surface area contributed by atoms with Crippen LogP contribution in [0.5, 0.6) is 0 Å². The number of rotatable bonds is 9. The van der Waals surface area contributed by atoms with E-state index in [1.807, 2.05) is 47.4 Å². The predicted molar refractivity (Wildman–Crippen MR) is 140 cm³/mol. The van der Waals surface area contributed by atoms with E-state index < -0.39 is 15.4 Å². The number of hydrogen-bond acceptors (Lipinski definition) is 7. The van der Waals surface area contributed by atoms with Crippen molar-refractivity contribution < 1.29 is 13.2 Å². The van der Waals surface area contributed by atoms with Crippen LogP contribution in [0.4, 0.5) is 0 Å². The third-order valence-electron chi connectivity index (χ3n) is 6.60. The lowest BCUT2D eigenvalue weighted by Gasteiger charge is -2.47. The molecule has 0 bridgehead atoms. The summed E-state index contributed by atoms with van der Waals surface area (Å²) in [5.74, 6) is 0.323. The number of piperazine rings is 1. The van der Waals surface area contributed by atoms with Crippen LogP contribution in [0.3, 0.4) is 0 Å². The Morgan fingerprint density at radius 2 is 1.76 bits per heavy atom. The fraction of sp³-hybridized carbons (Fsp3) is 0.346. The average Bonchev–Trinajstić information content (AvgIpc) is 2.87. The van der Waals surface area contributed by atoms with E-state index in [1.165, 1.54) is 0 Å². The van der Waals surface area contributed by atoms with E-state index in [1.54, 1.807) is 30.3 Å². The van der Waals surface area contributed by atoms with Gasteiger partial charge in [0, 0.05) is 43.5 Å².